The van der Waals surface area contributed by atoms with Gasteiger partial charge in [-0.05, 0) is 86.3 Å². The molecule has 0 radical (unpaired) electrons. The Morgan fingerprint density at radius 2 is 1.68 bits per heavy atom. The van der Waals surface area contributed by atoms with E-state index < -0.39 is 41.5 Å². The molecule has 7 nitrogen and oxygen atoms in total. The summed E-state index contributed by atoms with van der Waals surface area (Å²) < 4.78 is 46.5. The fraction of sp³-hybridized carbons (Fsp3) is 0.517. The van der Waals surface area contributed by atoms with Crippen molar-refractivity contribution in [3.05, 3.63) is 71.0 Å². The quantitative estimate of drug-likeness (QED) is 0.495. The number of benzene rings is 2. The average Bonchev–Trinajstić information content (AvgIpc) is 3.56. The van der Waals surface area contributed by atoms with Crippen molar-refractivity contribution < 1.29 is 32.6 Å². The molecule has 4 fully saturated rings. The molecule has 0 aromatic heterocycles. The van der Waals surface area contributed by atoms with Crippen LogP contribution >= 0.6 is 12.4 Å². The summed E-state index contributed by atoms with van der Waals surface area (Å²) in [6.45, 7) is 1.38. The molecule has 0 bridgehead atoms. The summed E-state index contributed by atoms with van der Waals surface area (Å²) in [5, 5.41) is 14.1. The number of amides is 3. The lowest BCUT2D eigenvalue weighted by molar-refractivity contribution is -0.0223. The molecule has 0 spiro atoms. The van der Waals surface area contributed by atoms with Gasteiger partial charge in [-0.15, -0.1) is 12.4 Å². The normalized spacial score (nSPS) is 30.6. The lowest BCUT2D eigenvalue weighted by atomic mass is 9.77. The van der Waals surface area contributed by atoms with Gasteiger partial charge in [0.15, 0.2) is 11.6 Å². The molecule has 2 aliphatic heterocycles. The molecule has 2 heterocycles. The van der Waals surface area contributed by atoms with Gasteiger partial charge < -0.3 is 15.2 Å². The average molecular weight is 580 g/mol. The van der Waals surface area contributed by atoms with Gasteiger partial charge in [-0.25, -0.2) is 27.7 Å². The minimum absolute atomic E-state index is 0. The molecule has 2 aromatic rings. The second-order valence-electron chi connectivity index (χ2n) is 11.4. The number of rotatable bonds is 5. The van der Waals surface area contributed by atoms with Crippen LogP contribution < -0.4 is 5.32 Å². The number of nitrogens with zero attached hydrogens (tertiary/aromatic N) is 2. The Hall–Kier alpha value is -2.82. The number of imide groups is 1. The molecule has 0 unspecified atom stereocenters. The van der Waals surface area contributed by atoms with Crippen molar-refractivity contribution in [1.29, 1.82) is 0 Å². The maximum atomic E-state index is 14.1. The van der Waals surface area contributed by atoms with Crippen molar-refractivity contribution in [2.45, 2.75) is 74.8 Å². The molecule has 2 N–H and O–H groups in total. The van der Waals surface area contributed by atoms with E-state index >= 15 is 0 Å². The summed E-state index contributed by atoms with van der Waals surface area (Å²) in [6, 6.07) is 8.10. The van der Waals surface area contributed by atoms with Crippen molar-refractivity contribution in [3.8, 4) is 0 Å². The second kappa shape index (κ2) is 11.2. The van der Waals surface area contributed by atoms with Gasteiger partial charge in [0.1, 0.15) is 18.0 Å². The summed E-state index contributed by atoms with van der Waals surface area (Å²) in [7, 11) is 0. The molecule has 216 valence electrons. The van der Waals surface area contributed by atoms with Crippen molar-refractivity contribution in [2.75, 3.05) is 13.1 Å². The minimum Gasteiger partial charge on any atom is -0.443 e. The molecule has 3 atom stereocenters. The van der Waals surface area contributed by atoms with Crippen LogP contribution in [0, 0.1) is 23.4 Å². The zero-order chi connectivity index (χ0) is 27.3. The third kappa shape index (κ3) is 5.53. The van der Waals surface area contributed by atoms with E-state index in [1.165, 1.54) is 18.2 Å². The first kappa shape index (κ1) is 28.7. The zero-order valence-corrected chi connectivity index (χ0v) is 22.7. The first-order chi connectivity index (χ1) is 18.7. The van der Waals surface area contributed by atoms with E-state index in [1.54, 1.807) is 12.1 Å². The van der Waals surface area contributed by atoms with E-state index in [1.807, 2.05) is 0 Å². The zero-order valence-electron chi connectivity index (χ0n) is 21.9. The predicted molar refractivity (Wildman–Crippen MR) is 142 cm³/mol. The Balaban J connectivity index is 0.00000323. The molecular formula is C29H33ClF3N3O4. The highest BCUT2D eigenvalue weighted by atomic mass is 35.5. The van der Waals surface area contributed by atoms with E-state index in [9.17, 15) is 27.9 Å². The van der Waals surface area contributed by atoms with Gasteiger partial charge >= 0.3 is 12.1 Å². The number of carbonyl (C=O) groups is 2. The standard InChI is InChI=1S/C29H32F3N3O4.ClH/c30-20-6-4-19(5-7-20)29(38)12-9-22(10-13-29)34-14-11-21(16-34)33-27(36)35-25(18-3-8-23(31)24(32)15-18)26(17-1-2-17)39-28(35)37;/h3-8,15,17,21-22,25-26,38H,1-2,9-14,16H2,(H,33,36);1H/t21-,22?,25+,26+,29?;/m1./s1. The lowest BCUT2D eigenvalue weighted by Crippen LogP contribution is -2.48. The molecule has 2 aromatic carbocycles. The van der Waals surface area contributed by atoms with Gasteiger partial charge in [0.05, 0.1) is 5.60 Å². The molecule has 2 saturated heterocycles. The van der Waals surface area contributed by atoms with Crippen LogP contribution in [0.1, 0.15) is 62.1 Å². The maximum Gasteiger partial charge on any atom is 0.419 e. The van der Waals surface area contributed by atoms with E-state index in [0.29, 0.717) is 31.4 Å². The van der Waals surface area contributed by atoms with E-state index in [-0.39, 0.29) is 36.2 Å². The summed E-state index contributed by atoms with van der Waals surface area (Å²) in [6.07, 6.45) is 3.71. The Morgan fingerprint density at radius 1 is 0.975 bits per heavy atom. The number of aliphatic hydroxyl groups is 1. The lowest BCUT2D eigenvalue weighted by Gasteiger charge is -2.40. The first-order valence-electron chi connectivity index (χ1n) is 13.7. The number of hydrogen-bond donors (Lipinski definition) is 2. The third-order valence-corrected chi connectivity index (χ3v) is 8.84. The van der Waals surface area contributed by atoms with E-state index in [2.05, 4.69) is 10.2 Å². The second-order valence-corrected chi connectivity index (χ2v) is 11.4. The van der Waals surface area contributed by atoms with Crippen LogP contribution in [0.3, 0.4) is 0 Å². The number of hydrogen-bond acceptors (Lipinski definition) is 5. The van der Waals surface area contributed by atoms with Crippen LogP contribution in [0.5, 0.6) is 0 Å². The minimum atomic E-state index is -1.04. The highest BCUT2D eigenvalue weighted by molar-refractivity contribution is 5.93. The van der Waals surface area contributed by atoms with Crippen LogP contribution in [0.25, 0.3) is 0 Å². The fourth-order valence-electron chi connectivity index (χ4n) is 6.50. The van der Waals surface area contributed by atoms with Gasteiger partial charge in [0.2, 0.25) is 0 Å². The SMILES string of the molecule is Cl.O=C(N[C@@H]1CCN(C2CCC(O)(c3ccc(F)cc3)CC2)C1)N1C(=O)O[C@@H](C2CC2)[C@@H]1c1ccc(F)c(F)c1. The number of carbonyl (C=O) groups excluding carboxylic acids is 2. The van der Waals surface area contributed by atoms with Crippen molar-refractivity contribution in [1.82, 2.24) is 15.1 Å². The van der Waals surface area contributed by atoms with Gasteiger partial charge in [0, 0.05) is 25.2 Å². The van der Waals surface area contributed by atoms with Gasteiger partial charge in [0.25, 0.3) is 0 Å². The Bertz CT molecular complexity index is 1250. The molecule has 11 heteroatoms. The van der Waals surface area contributed by atoms with Crippen molar-refractivity contribution in [3.63, 3.8) is 0 Å². The molecule has 3 amide bonds. The molecule has 2 saturated carbocycles. The molecular weight excluding hydrogens is 547 g/mol. The van der Waals surface area contributed by atoms with Crippen LogP contribution in [-0.4, -0.2) is 58.3 Å². The number of nitrogens with one attached hydrogen (secondary N) is 1. The highest BCUT2D eigenvalue weighted by Crippen LogP contribution is 2.46. The Morgan fingerprint density at radius 3 is 2.33 bits per heavy atom. The number of cyclic esters (lactones) is 1. The molecule has 40 heavy (non-hydrogen) atoms. The Labute approximate surface area is 237 Å². The fourth-order valence-corrected chi connectivity index (χ4v) is 6.50. The first-order valence-corrected chi connectivity index (χ1v) is 13.7. The van der Waals surface area contributed by atoms with Gasteiger partial charge in [-0.1, -0.05) is 18.2 Å². The topological polar surface area (TPSA) is 82.1 Å². The number of urea groups is 1. The molecule has 2 aliphatic carbocycles. The van der Waals surface area contributed by atoms with Gasteiger partial charge in [-0.3, -0.25) is 4.90 Å². The Kier molecular flexibility index (Phi) is 8.05. The monoisotopic (exact) mass is 579 g/mol. The van der Waals surface area contributed by atoms with Crippen molar-refractivity contribution in [2.24, 2.45) is 5.92 Å². The summed E-state index contributed by atoms with van der Waals surface area (Å²) >= 11 is 0. The number of halogens is 4. The predicted octanol–water partition coefficient (Wildman–Crippen LogP) is 5.41. The van der Waals surface area contributed by atoms with Crippen molar-refractivity contribution >= 4 is 24.5 Å². The van der Waals surface area contributed by atoms with Crippen LogP contribution in [0.15, 0.2) is 42.5 Å². The molecule has 4 aliphatic rings. The van der Waals surface area contributed by atoms with Crippen LogP contribution in [0.4, 0.5) is 22.8 Å². The van der Waals surface area contributed by atoms with E-state index in [0.717, 1.165) is 54.8 Å². The summed E-state index contributed by atoms with van der Waals surface area (Å²) in [4.78, 5) is 29.5. The smallest absolute Gasteiger partial charge is 0.419 e. The summed E-state index contributed by atoms with van der Waals surface area (Å²) in [5.74, 6) is -2.27. The maximum absolute atomic E-state index is 14.1. The highest BCUT2D eigenvalue weighted by Gasteiger charge is 2.52. The third-order valence-electron chi connectivity index (χ3n) is 8.84. The van der Waals surface area contributed by atoms with E-state index in [4.69, 9.17) is 4.74 Å². The van der Waals surface area contributed by atoms with Crippen LogP contribution in [-0.2, 0) is 10.3 Å². The molecule has 6 rings (SSSR count). The number of ether oxygens (including phenoxy) is 1. The largest absolute Gasteiger partial charge is 0.443 e. The van der Waals surface area contributed by atoms with Gasteiger partial charge in [-0.2, -0.15) is 0 Å². The summed E-state index contributed by atoms with van der Waals surface area (Å²) in [5.41, 5.74) is 0.0860. The van der Waals surface area contributed by atoms with Crippen LogP contribution in [0.2, 0.25) is 0 Å². The number of likely N-dealkylation sites (tertiary alicyclic amines) is 1.